The Morgan fingerprint density at radius 1 is 1.13 bits per heavy atom. The van der Waals surface area contributed by atoms with E-state index in [2.05, 4.69) is 5.09 Å². The van der Waals surface area contributed by atoms with Gasteiger partial charge in [-0.3, -0.25) is 0 Å². The maximum atomic E-state index is 6.07. The average Bonchev–Trinajstić information content (AvgIpc) is 3.20. The minimum atomic E-state index is -2.53. The van der Waals surface area contributed by atoms with Crippen LogP contribution in [0, 0.1) is 0 Å². The molecule has 0 spiro atoms. The summed E-state index contributed by atoms with van der Waals surface area (Å²) in [6.07, 6.45) is 3.48. The molecule has 2 rings (SSSR count). The second-order valence-corrected chi connectivity index (χ2v) is 11.1. The van der Waals surface area contributed by atoms with Crippen molar-refractivity contribution in [3.63, 3.8) is 0 Å². The molecular weight excluding hydrogens is 437 g/mol. The van der Waals surface area contributed by atoms with Crippen molar-refractivity contribution in [2.45, 2.75) is 71.1 Å². The van der Waals surface area contributed by atoms with Crippen molar-refractivity contribution in [3.05, 3.63) is 29.8 Å². The molecule has 1 N–H and O–H groups in total. The molecular formula is C22H38NO6PS. The molecule has 178 valence electrons. The van der Waals surface area contributed by atoms with Gasteiger partial charge in [-0.1, -0.05) is 12.1 Å². The van der Waals surface area contributed by atoms with Crippen molar-refractivity contribution in [2.24, 2.45) is 0 Å². The summed E-state index contributed by atoms with van der Waals surface area (Å²) in [6.45, 7) is 5.41. The monoisotopic (exact) mass is 475 g/mol. The summed E-state index contributed by atoms with van der Waals surface area (Å²) in [6, 6.07) is 7.79. The smallest absolute Gasteiger partial charge is 0.261 e. The molecule has 0 bridgehead atoms. The third kappa shape index (κ3) is 9.84. The summed E-state index contributed by atoms with van der Waals surface area (Å²) >= 11 is 5.71. The van der Waals surface area contributed by atoms with Crippen LogP contribution >= 0.6 is 6.64 Å². The van der Waals surface area contributed by atoms with Crippen molar-refractivity contribution < 1.29 is 28.0 Å². The van der Waals surface area contributed by atoms with Gasteiger partial charge in [0.2, 0.25) is 0 Å². The Hall–Kier alpha value is -0.570. The number of ether oxygens (including phenoxy) is 4. The molecule has 1 aliphatic heterocycles. The van der Waals surface area contributed by atoms with Gasteiger partial charge in [-0.25, -0.2) is 5.09 Å². The van der Waals surface area contributed by atoms with Crippen LogP contribution in [-0.4, -0.2) is 52.3 Å². The lowest BCUT2D eigenvalue weighted by atomic mass is 10.1. The highest BCUT2D eigenvalue weighted by Crippen LogP contribution is 2.47. The number of unbranched alkanes of at least 4 members (excludes halogenated alkanes) is 1. The van der Waals surface area contributed by atoms with Crippen molar-refractivity contribution in [3.8, 4) is 5.75 Å². The van der Waals surface area contributed by atoms with Gasteiger partial charge in [0.1, 0.15) is 5.75 Å². The number of hydrogen-bond donors (Lipinski definition) is 1. The van der Waals surface area contributed by atoms with E-state index in [0.29, 0.717) is 13.2 Å². The Bertz CT molecular complexity index is 674. The van der Waals surface area contributed by atoms with Crippen molar-refractivity contribution >= 4 is 18.4 Å². The largest absolute Gasteiger partial charge is 0.497 e. The average molecular weight is 476 g/mol. The van der Waals surface area contributed by atoms with Gasteiger partial charge in [0, 0.05) is 25.8 Å². The first-order valence-electron chi connectivity index (χ1n) is 11.0. The van der Waals surface area contributed by atoms with Crippen LogP contribution in [0.5, 0.6) is 5.75 Å². The number of hydrogen-bond acceptors (Lipinski definition) is 7. The van der Waals surface area contributed by atoms with Crippen LogP contribution in [0.15, 0.2) is 24.3 Å². The number of benzene rings is 1. The van der Waals surface area contributed by atoms with Crippen molar-refractivity contribution in [1.29, 1.82) is 0 Å². The number of rotatable bonds is 15. The maximum Gasteiger partial charge on any atom is 0.261 e. The lowest BCUT2D eigenvalue weighted by Gasteiger charge is -2.28. The van der Waals surface area contributed by atoms with E-state index in [1.807, 2.05) is 45.0 Å². The zero-order valence-electron chi connectivity index (χ0n) is 19.4. The first kappa shape index (κ1) is 26.7. The summed E-state index contributed by atoms with van der Waals surface area (Å²) in [4.78, 5) is 0. The molecule has 1 aliphatic rings. The van der Waals surface area contributed by atoms with Gasteiger partial charge in [-0.2, -0.15) is 0 Å². The fourth-order valence-corrected chi connectivity index (χ4v) is 6.19. The highest BCUT2D eigenvalue weighted by Gasteiger charge is 2.27. The lowest BCUT2D eigenvalue weighted by molar-refractivity contribution is -0.0613. The van der Waals surface area contributed by atoms with Crippen LogP contribution in [0.4, 0.5) is 0 Å². The molecule has 0 radical (unpaired) electrons. The highest BCUT2D eigenvalue weighted by atomic mass is 32.5. The second kappa shape index (κ2) is 13.9. The molecule has 1 saturated heterocycles. The molecule has 0 amide bonds. The van der Waals surface area contributed by atoms with E-state index < -0.39 is 6.64 Å². The Morgan fingerprint density at radius 2 is 1.87 bits per heavy atom. The van der Waals surface area contributed by atoms with Gasteiger partial charge < -0.3 is 28.0 Å². The van der Waals surface area contributed by atoms with E-state index >= 15 is 0 Å². The van der Waals surface area contributed by atoms with E-state index in [1.54, 1.807) is 14.2 Å². The summed E-state index contributed by atoms with van der Waals surface area (Å²) < 4.78 is 34.2. The van der Waals surface area contributed by atoms with Crippen LogP contribution < -0.4 is 9.82 Å². The van der Waals surface area contributed by atoms with Gasteiger partial charge in [-0.05, 0) is 70.4 Å². The zero-order valence-corrected chi connectivity index (χ0v) is 21.1. The van der Waals surface area contributed by atoms with Gasteiger partial charge in [0.25, 0.3) is 6.64 Å². The van der Waals surface area contributed by atoms with E-state index in [9.17, 15) is 0 Å². The van der Waals surface area contributed by atoms with E-state index in [0.717, 1.165) is 43.5 Å². The van der Waals surface area contributed by atoms with Crippen LogP contribution in [-0.2, 0) is 35.1 Å². The topological polar surface area (TPSA) is 67.4 Å². The summed E-state index contributed by atoms with van der Waals surface area (Å²) in [5, 5.41) is 3.36. The van der Waals surface area contributed by atoms with E-state index in [-0.39, 0.29) is 24.6 Å². The fourth-order valence-electron chi connectivity index (χ4n) is 3.20. The first-order chi connectivity index (χ1) is 14.8. The molecule has 4 atom stereocenters. The third-order valence-electron chi connectivity index (χ3n) is 4.79. The zero-order chi connectivity index (χ0) is 22.7. The Kier molecular flexibility index (Phi) is 11.9. The van der Waals surface area contributed by atoms with Crippen LogP contribution in [0.3, 0.4) is 0 Å². The van der Waals surface area contributed by atoms with Crippen LogP contribution in [0.25, 0.3) is 0 Å². The highest BCUT2D eigenvalue weighted by molar-refractivity contribution is 8.09. The predicted octanol–water partition coefficient (Wildman–Crippen LogP) is 4.96. The molecule has 1 aromatic carbocycles. The van der Waals surface area contributed by atoms with Gasteiger partial charge >= 0.3 is 0 Å². The molecule has 1 fully saturated rings. The molecule has 0 aliphatic carbocycles. The number of nitrogens with one attached hydrogen (secondary N) is 1. The first-order valence-corrected chi connectivity index (χ1v) is 13.6. The SMILES string of the molecule is COCCC(C)OP(=S)(NCCCCC1COC(c2ccc(OC)cc2)O1)OC(C)C. The normalized spacial score (nSPS) is 21.9. The Labute approximate surface area is 192 Å². The Morgan fingerprint density at radius 3 is 2.52 bits per heavy atom. The van der Waals surface area contributed by atoms with Crippen LogP contribution in [0.1, 0.15) is 58.3 Å². The summed E-state index contributed by atoms with van der Waals surface area (Å²) in [5.41, 5.74) is 1.01. The predicted molar refractivity (Wildman–Crippen MR) is 126 cm³/mol. The van der Waals surface area contributed by atoms with Crippen LogP contribution in [0.2, 0.25) is 0 Å². The van der Waals surface area contributed by atoms with Gasteiger partial charge in [-0.15, -0.1) is 0 Å². The standard InChI is InChI=1S/C22H38NO6PS/c1-17(2)28-30(31,29-18(3)13-15-24-4)23-14-7-6-8-21-16-26-22(27-21)19-9-11-20(25-5)12-10-19/h9-12,17-18,21-22H,6-8,13-16H2,1-5H3,(H,23,31). The molecule has 4 unspecified atom stereocenters. The minimum absolute atomic E-state index is 0.00637. The quantitative estimate of drug-likeness (QED) is 0.282. The van der Waals surface area contributed by atoms with Gasteiger partial charge in [0.15, 0.2) is 6.29 Å². The molecule has 31 heavy (non-hydrogen) atoms. The van der Waals surface area contributed by atoms with Gasteiger partial charge in [0.05, 0.1) is 32.0 Å². The third-order valence-corrected chi connectivity index (χ3v) is 7.64. The summed E-state index contributed by atoms with van der Waals surface area (Å²) in [5.74, 6) is 0.824. The maximum absolute atomic E-state index is 6.07. The molecule has 1 aromatic rings. The van der Waals surface area contributed by atoms with E-state index in [4.69, 9.17) is 39.8 Å². The molecule has 0 aromatic heterocycles. The fraction of sp³-hybridized carbons (Fsp3) is 0.727. The second-order valence-electron chi connectivity index (χ2n) is 7.95. The lowest BCUT2D eigenvalue weighted by Crippen LogP contribution is -2.22. The molecule has 9 heteroatoms. The summed E-state index contributed by atoms with van der Waals surface area (Å²) in [7, 11) is 3.34. The Balaban J connectivity index is 1.69. The molecule has 7 nitrogen and oxygen atoms in total. The van der Waals surface area contributed by atoms with Crippen molar-refractivity contribution in [1.82, 2.24) is 5.09 Å². The minimum Gasteiger partial charge on any atom is -0.497 e. The number of methoxy groups -OCH3 is 2. The van der Waals surface area contributed by atoms with E-state index in [1.165, 1.54) is 0 Å². The molecule has 1 heterocycles. The van der Waals surface area contributed by atoms with Crippen molar-refractivity contribution in [2.75, 3.05) is 34.0 Å². The molecule has 0 saturated carbocycles.